The molecule has 0 radical (unpaired) electrons. The highest BCUT2D eigenvalue weighted by Gasteiger charge is 2.20. The van der Waals surface area contributed by atoms with Crippen LogP contribution in [-0.4, -0.2) is 11.0 Å². The molecule has 2 aromatic heterocycles. The first-order valence-electron chi connectivity index (χ1n) is 7.08. The van der Waals surface area contributed by atoms with Crippen LogP contribution in [0.2, 0.25) is 0 Å². The molecule has 1 aliphatic rings. The lowest BCUT2D eigenvalue weighted by molar-refractivity contribution is 0.266. The van der Waals surface area contributed by atoms with Gasteiger partial charge in [-0.25, -0.2) is 0 Å². The topological polar surface area (TPSA) is 47.3 Å². The molecular weight excluding hydrogens is 252 g/mol. The fourth-order valence-electron chi connectivity index (χ4n) is 2.07. The average molecular weight is 272 g/mol. The summed E-state index contributed by atoms with van der Waals surface area (Å²) >= 11 is 0. The van der Waals surface area contributed by atoms with Crippen LogP contribution in [-0.2, 0) is 13.2 Å². The van der Waals surface area contributed by atoms with Crippen LogP contribution in [0.4, 0.5) is 0 Å². The van der Waals surface area contributed by atoms with Gasteiger partial charge >= 0.3 is 0 Å². The number of nitrogens with one attached hydrogen (secondary N) is 1. The molecule has 0 amide bonds. The van der Waals surface area contributed by atoms with Crippen LogP contribution in [0.5, 0.6) is 5.75 Å². The molecule has 0 unspecified atom stereocenters. The monoisotopic (exact) mass is 272 g/mol. The van der Waals surface area contributed by atoms with Gasteiger partial charge < -0.3 is 14.5 Å². The van der Waals surface area contributed by atoms with Gasteiger partial charge in [0.05, 0.1) is 6.20 Å². The molecule has 0 aromatic carbocycles. The molecular formula is C16H20N2O2. The van der Waals surface area contributed by atoms with Crippen molar-refractivity contribution in [3.63, 3.8) is 0 Å². The van der Waals surface area contributed by atoms with Gasteiger partial charge in [0.1, 0.15) is 23.9 Å². The van der Waals surface area contributed by atoms with Gasteiger partial charge in [-0.1, -0.05) is 0 Å². The number of nitrogens with zero attached hydrogens (tertiary/aromatic N) is 1. The van der Waals surface area contributed by atoms with E-state index in [1.54, 1.807) is 6.20 Å². The van der Waals surface area contributed by atoms with E-state index >= 15 is 0 Å². The van der Waals surface area contributed by atoms with Crippen molar-refractivity contribution in [1.82, 2.24) is 10.3 Å². The van der Waals surface area contributed by atoms with Crippen molar-refractivity contribution in [2.24, 2.45) is 0 Å². The molecule has 0 saturated heterocycles. The molecule has 0 bridgehead atoms. The lowest BCUT2D eigenvalue weighted by Gasteiger charge is -2.03. The zero-order valence-electron chi connectivity index (χ0n) is 12.0. The van der Waals surface area contributed by atoms with E-state index in [9.17, 15) is 0 Å². The van der Waals surface area contributed by atoms with Crippen LogP contribution in [0.3, 0.4) is 0 Å². The highest BCUT2D eigenvalue weighted by atomic mass is 16.5. The Hall–Kier alpha value is -1.81. The third kappa shape index (κ3) is 3.39. The fraction of sp³-hybridized carbons (Fsp3) is 0.438. The molecule has 1 saturated carbocycles. The Balaban J connectivity index is 1.56. The molecule has 4 heteroatoms. The summed E-state index contributed by atoms with van der Waals surface area (Å²) < 4.78 is 11.4. The van der Waals surface area contributed by atoms with Crippen molar-refractivity contribution < 1.29 is 9.15 Å². The van der Waals surface area contributed by atoms with E-state index in [2.05, 4.69) is 16.4 Å². The van der Waals surface area contributed by atoms with Gasteiger partial charge in [-0.15, -0.1) is 0 Å². The number of rotatable bonds is 6. The number of pyridine rings is 1. The zero-order chi connectivity index (χ0) is 13.9. The summed E-state index contributed by atoms with van der Waals surface area (Å²) in [6.07, 6.45) is 4.33. The Morgan fingerprint density at radius 2 is 2.20 bits per heavy atom. The Morgan fingerprint density at radius 3 is 2.90 bits per heavy atom. The summed E-state index contributed by atoms with van der Waals surface area (Å²) in [6.45, 7) is 5.28. The van der Waals surface area contributed by atoms with E-state index in [1.807, 2.05) is 26.0 Å². The van der Waals surface area contributed by atoms with Crippen molar-refractivity contribution in [2.75, 3.05) is 0 Å². The molecule has 1 aliphatic carbocycles. The molecule has 20 heavy (non-hydrogen) atoms. The lowest BCUT2D eigenvalue weighted by Crippen LogP contribution is -2.15. The van der Waals surface area contributed by atoms with E-state index in [1.165, 1.54) is 18.4 Å². The van der Waals surface area contributed by atoms with E-state index in [0.29, 0.717) is 12.6 Å². The predicted molar refractivity (Wildman–Crippen MR) is 76.6 cm³/mol. The van der Waals surface area contributed by atoms with Gasteiger partial charge in [-0.3, -0.25) is 4.98 Å². The van der Waals surface area contributed by atoms with Gasteiger partial charge in [0, 0.05) is 23.8 Å². The fourth-order valence-corrected chi connectivity index (χ4v) is 2.07. The van der Waals surface area contributed by atoms with E-state index in [-0.39, 0.29) is 0 Å². The summed E-state index contributed by atoms with van der Waals surface area (Å²) in [6, 6.07) is 6.65. The maximum absolute atomic E-state index is 5.73. The molecule has 0 aliphatic heterocycles. The molecule has 1 N–H and O–H groups in total. The summed E-state index contributed by atoms with van der Waals surface area (Å²) in [5.74, 6) is 2.59. The molecule has 4 nitrogen and oxygen atoms in total. The van der Waals surface area contributed by atoms with Gasteiger partial charge in [0.15, 0.2) is 0 Å². The summed E-state index contributed by atoms with van der Waals surface area (Å²) in [7, 11) is 0. The van der Waals surface area contributed by atoms with Crippen LogP contribution < -0.4 is 10.1 Å². The SMILES string of the molecule is Cc1ccc(OCc2cc(CNC3CC3)c(C)o2)cn1. The highest BCUT2D eigenvalue weighted by Crippen LogP contribution is 2.21. The smallest absolute Gasteiger partial charge is 0.146 e. The Kier molecular flexibility index (Phi) is 3.74. The second-order valence-electron chi connectivity index (χ2n) is 5.37. The number of hydrogen-bond acceptors (Lipinski definition) is 4. The van der Waals surface area contributed by atoms with Gasteiger partial charge in [-0.2, -0.15) is 0 Å². The summed E-state index contributed by atoms with van der Waals surface area (Å²) in [4.78, 5) is 4.20. The second kappa shape index (κ2) is 5.67. The van der Waals surface area contributed by atoms with Crippen molar-refractivity contribution in [1.29, 1.82) is 0 Å². The van der Waals surface area contributed by atoms with Gasteiger partial charge in [0.2, 0.25) is 0 Å². The molecule has 3 rings (SSSR count). The minimum absolute atomic E-state index is 0.439. The third-order valence-corrected chi connectivity index (χ3v) is 3.50. The Bertz CT molecular complexity index is 571. The Labute approximate surface area is 119 Å². The van der Waals surface area contributed by atoms with Crippen molar-refractivity contribution in [3.05, 3.63) is 47.2 Å². The molecule has 1 fully saturated rings. The summed E-state index contributed by atoms with van der Waals surface area (Å²) in [5.41, 5.74) is 2.21. The molecule has 0 spiro atoms. The van der Waals surface area contributed by atoms with Crippen molar-refractivity contribution >= 4 is 0 Å². The maximum atomic E-state index is 5.73. The number of aromatic nitrogens is 1. The standard InChI is InChI=1S/C16H20N2O2/c1-11-3-6-15(9-17-11)19-10-16-7-13(12(2)20-16)8-18-14-4-5-14/h3,6-7,9,14,18H,4-5,8,10H2,1-2H3. The first-order chi connectivity index (χ1) is 9.70. The van der Waals surface area contributed by atoms with E-state index in [4.69, 9.17) is 9.15 Å². The zero-order valence-corrected chi connectivity index (χ0v) is 12.0. The first-order valence-corrected chi connectivity index (χ1v) is 7.08. The van der Waals surface area contributed by atoms with Crippen molar-refractivity contribution in [2.45, 2.75) is 45.9 Å². The molecule has 0 atom stereocenters. The predicted octanol–water partition coefficient (Wildman–Crippen LogP) is 3.12. The van der Waals surface area contributed by atoms with Crippen LogP contribution in [0.15, 0.2) is 28.8 Å². The normalized spacial score (nSPS) is 14.5. The van der Waals surface area contributed by atoms with Gasteiger partial charge in [0.25, 0.3) is 0 Å². The highest BCUT2D eigenvalue weighted by molar-refractivity contribution is 5.22. The van der Waals surface area contributed by atoms with Crippen molar-refractivity contribution in [3.8, 4) is 5.75 Å². The molecule has 106 valence electrons. The quantitative estimate of drug-likeness (QED) is 0.877. The second-order valence-corrected chi connectivity index (χ2v) is 5.37. The maximum Gasteiger partial charge on any atom is 0.146 e. The first kappa shape index (κ1) is 13.2. The van der Waals surface area contributed by atoms with E-state index in [0.717, 1.165) is 29.5 Å². The van der Waals surface area contributed by atoms with Crippen LogP contribution >= 0.6 is 0 Å². The number of hydrogen-bond donors (Lipinski definition) is 1. The number of ether oxygens (including phenoxy) is 1. The van der Waals surface area contributed by atoms with Gasteiger partial charge in [-0.05, 0) is 44.9 Å². The minimum Gasteiger partial charge on any atom is -0.484 e. The molecule has 2 aromatic rings. The number of furan rings is 1. The van der Waals surface area contributed by atoms with Crippen LogP contribution in [0.1, 0.15) is 35.6 Å². The Morgan fingerprint density at radius 1 is 1.35 bits per heavy atom. The molecule has 2 heterocycles. The van der Waals surface area contributed by atoms with Crippen LogP contribution in [0, 0.1) is 13.8 Å². The lowest BCUT2D eigenvalue weighted by atomic mass is 10.2. The third-order valence-electron chi connectivity index (χ3n) is 3.50. The van der Waals surface area contributed by atoms with E-state index < -0.39 is 0 Å². The largest absolute Gasteiger partial charge is 0.484 e. The van der Waals surface area contributed by atoms with Crippen LogP contribution in [0.25, 0.3) is 0 Å². The summed E-state index contributed by atoms with van der Waals surface area (Å²) in [5, 5.41) is 3.50. The minimum atomic E-state index is 0.439. The average Bonchev–Trinajstić information content (AvgIpc) is 3.20. The number of aryl methyl sites for hydroxylation is 2.